The molecule has 1 atom stereocenters. The fraction of sp³-hybridized carbons (Fsp3) is 0.208. The average Bonchev–Trinajstić information content (AvgIpc) is 3.40. The number of ether oxygens (including phenoxy) is 4. The third kappa shape index (κ3) is 2.86. The van der Waals surface area contributed by atoms with Gasteiger partial charge in [-0.2, -0.15) is 5.26 Å². The number of aromatic amines is 1. The Morgan fingerprint density at radius 3 is 2.43 bits per heavy atom. The number of amides is 1. The summed E-state index contributed by atoms with van der Waals surface area (Å²) >= 11 is 3.64. The first kappa shape index (κ1) is 22.6. The number of halogens is 1. The predicted octanol–water partition coefficient (Wildman–Crippen LogP) is 3.50. The van der Waals surface area contributed by atoms with Crippen LogP contribution in [0.3, 0.4) is 0 Å². The van der Waals surface area contributed by atoms with E-state index >= 15 is 0 Å². The van der Waals surface area contributed by atoms with Gasteiger partial charge in [-0.1, -0.05) is 22.0 Å². The van der Waals surface area contributed by atoms with E-state index in [1.165, 1.54) is 21.3 Å². The van der Waals surface area contributed by atoms with Gasteiger partial charge in [-0.3, -0.25) is 9.89 Å². The van der Waals surface area contributed by atoms with Gasteiger partial charge in [-0.05, 0) is 30.7 Å². The number of H-pyrrole nitrogens is 1. The minimum absolute atomic E-state index is 0.0392. The van der Waals surface area contributed by atoms with Crippen molar-refractivity contribution in [3.63, 3.8) is 0 Å². The summed E-state index contributed by atoms with van der Waals surface area (Å²) in [6.07, 6.45) is 0. The van der Waals surface area contributed by atoms with Crippen LogP contribution in [0.5, 0.6) is 23.1 Å². The van der Waals surface area contributed by atoms with Gasteiger partial charge in [0.1, 0.15) is 17.1 Å². The van der Waals surface area contributed by atoms with Crippen molar-refractivity contribution in [2.45, 2.75) is 12.3 Å². The van der Waals surface area contributed by atoms with Crippen molar-refractivity contribution in [1.29, 1.82) is 5.26 Å². The molecule has 35 heavy (non-hydrogen) atoms. The number of aryl methyl sites for hydroxylation is 1. The second-order valence-corrected chi connectivity index (χ2v) is 8.76. The van der Waals surface area contributed by atoms with Crippen LogP contribution in [-0.2, 0) is 10.2 Å². The number of methoxy groups -OCH3 is 3. The first-order chi connectivity index (χ1) is 16.8. The van der Waals surface area contributed by atoms with Gasteiger partial charge >= 0.3 is 0 Å². The summed E-state index contributed by atoms with van der Waals surface area (Å²) in [5, 5.41) is 20.4. The highest BCUT2D eigenvalue weighted by Crippen LogP contribution is 2.58. The predicted molar refractivity (Wildman–Crippen MR) is 129 cm³/mol. The standard InChI is InChI=1S/C24H20BrN5O5/c1-10-5-6-13-16(18(10)25)24(23(31)28-13)12(9-26)21(27)35-22-17(24)19(29-30-22)11-7-14(32-2)20(34-4)15(8-11)33-3/h5-8H,27H2,1-4H3,(H,28,31)(H,29,30)/t24-/m1/s1. The second kappa shape index (κ2) is 7.95. The van der Waals surface area contributed by atoms with Crippen molar-refractivity contribution < 1.29 is 23.7 Å². The van der Waals surface area contributed by atoms with E-state index in [2.05, 4.69) is 37.5 Å². The number of nitriles is 1. The van der Waals surface area contributed by atoms with Gasteiger partial charge < -0.3 is 30.0 Å². The molecule has 2 aliphatic heterocycles. The Morgan fingerprint density at radius 2 is 1.83 bits per heavy atom. The zero-order chi connectivity index (χ0) is 25.1. The summed E-state index contributed by atoms with van der Waals surface area (Å²) in [5.74, 6) is 0.654. The Hall–Kier alpha value is -4.17. The molecule has 0 saturated heterocycles. The molecule has 3 heterocycles. The molecule has 178 valence electrons. The fourth-order valence-corrected chi connectivity index (χ4v) is 5.39. The minimum atomic E-state index is -1.62. The van der Waals surface area contributed by atoms with Crippen molar-refractivity contribution in [1.82, 2.24) is 10.2 Å². The minimum Gasteiger partial charge on any atom is -0.493 e. The molecule has 0 unspecified atom stereocenters. The van der Waals surface area contributed by atoms with Crippen LogP contribution in [0.2, 0.25) is 0 Å². The summed E-state index contributed by atoms with van der Waals surface area (Å²) in [4.78, 5) is 13.8. The molecular formula is C24H20BrN5O5. The molecule has 1 spiro atoms. The summed E-state index contributed by atoms with van der Waals surface area (Å²) in [5.41, 5.74) is 7.85. The van der Waals surface area contributed by atoms with E-state index in [9.17, 15) is 10.1 Å². The fourth-order valence-electron chi connectivity index (χ4n) is 4.74. The Balaban J connectivity index is 1.90. The Labute approximate surface area is 208 Å². The average molecular weight is 538 g/mol. The largest absolute Gasteiger partial charge is 0.493 e. The highest BCUT2D eigenvalue weighted by Gasteiger charge is 2.59. The van der Waals surface area contributed by atoms with Gasteiger partial charge in [0.15, 0.2) is 11.5 Å². The number of aromatic nitrogens is 2. The molecule has 0 fully saturated rings. The molecule has 1 amide bonds. The molecule has 0 saturated carbocycles. The van der Waals surface area contributed by atoms with Crippen LogP contribution < -0.4 is 30.0 Å². The normalized spacial score (nSPS) is 17.9. The number of hydrogen-bond donors (Lipinski definition) is 3. The Morgan fingerprint density at radius 1 is 1.14 bits per heavy atom. The van der Waals surface area contributed by atoms with Crippen molar-refractivity contribution >= 4 is 27.5 Å². The van der Waals surface area contributed by atoms with Gasteiger partial charge in [0, 0.05) is 21.3 Å². The van der Waals surface area contributed by atoms with E-state index in [4.69, 9.17) is 24.7 Å². The van der Waals surface area contributed by atoms with Crippen molar-refractivity contribution in [3.05, 3.63) is 56.9 Å². The summed E-state index contributed by atoms with van der Waals surface area (Å²) in [6.45, 7) is 1.90. The van der Waals surface area contributed by atoms with Gasteiger partial charge in [-0.15, -0.1) is 5.10 Å². The quantitative estimate of drug-likeness (QED) is 0.458. The van der Waals surface area contributed by atoms with Crippen LogP contribution >= 0.6 is 15.9 Å². The van der Waals surface area contributed by atoms with Crippen LogP contribution in [0.15, 0.2) is 40.2 Å². The Bertz CT molecular complexity index is 1460. The second-order valence-electron chi connectivity index (χ2n) is 7.97. The van der Waals surface area contributed by atoms with Gasteiger partial charge in [0.05, 0.1) is 32.6 Å². The Kier molecular flexibility index (Phi) is 5.14. The highest BCUT2D eigenvalue weighted by atomic mass is 79.9. The molecule has 5 rings (SSSR count). The number of carbonyl (C=O) groups excluding carboxylic acids is 1. The summed E-state index contributed by atoms with van der Waals surface area (Å²) < 4.78 is 22.9. The lowest BCUT2D eigenvalue weighted by Gasteiger charge is -2.32. The number of hydrogen-bond acceptors (Lipinski definition) is 8. The van der Waals surface area contributed by atoms with Crippen LogP contribution in [0, 0.1) is 18.3 Å². The third-order valence-corrected chi connectivity index (χ3v) is 7.32. The number of fused-ring (bicyclic) bond motifs is 4. The van der Waals surface area contributed by atoms with Gasteiger partial charge in [0.25, 0.3) is 0 Å². The lowest BCUT2D eigenvalue weighted by atomic mass is 9.68. The molecule has 1 aromatic heterocycles. The van der Waals surface area contributed by atoms with Crippen LogP contribution in [0.4, 0.5) is 5.69 Å². The molecule has 2 aliphatic rings. The summed E-state index contributed by atoms with van der Waals surface area (Å²) in [6, 6.07) is 9.22. The molecule has 2 aromatic carbocycles. The zero-order valence-electron chi connectivity index (χ0n) is 19.2. The molecule has 3 aromatic rings. The van der Waals surface area contributed by atoms with E-state index in [1.54, 1.807) is 18.2 Å². The highest BCUT2D eigenvalue weighted by molar-refractivity contribution is 9.10. The van der Waals surface area contributed by atoms with E-state index in [-0.39, 0.29) is 17.3 Å². The number of nitrogens with zero attached hydrogens (tertiary/aromatic N) is 2. The first-order valence-electron chi connectivity index (χ1n) is 10.4. The molecule has 0 bridgehead atoms. The monoisotopic (exact) mass is 537 g/mol. The number of benzene rings is 2. The number of nitrogens with one attached hydrogen (secondary N) is 2. The van der Waals surface area contributed by atoms with Gasteiger partial charge in [-0.25, -0.2) is 0 Å². The maximum atomic E-state index is 13.8. The van der Waals surface area contributed by atoms with E-state index < -0.39 is 11.3 Å². The van der Waals surface area contributed by atoms with Crippen molar-refractivity contribution in [2.75, 3.05) is 26.6 Å². The topological polar surface area (TPSA) is 145 Å². The number of carbonyl (C=O) groups is 1. The van der Waals surface area contributed by atoms with Crippen LogP contribution in [0.1, 0.15) is 16.7 Å². The smallest absolute Gasteiger partial charge is 0.245 e. The third-order valence-electron chi connectivity index (χ3n) is 6.30. The van der Waals surface area contributed by atoms with E-state index in [0.717, 1.165) is 5.56 Å². The molecule has 0 aliphatic carbocycles. The molecule has 0 radical (unpaired) electrons. The maximum Gasteiger partial charge on any atom is 0.245 e. The SMILES string of the molecule is COc1cc(-c2[nH]nc3c2[C@@]2(C(=O)Nc4ccc(C)c(Br)c42)C(C#N)=C(N)O3)cc(OC)c1OC. The summed E-state index contributed by atoms with van der Waals surface area (Å²) in [7, 11) is 4.52. The number of anilines is 1. The lowest BCUT2D eigenvalue weighted by molar-refractivity contribution is -0.118. The van der Waals surface area contributed by atoms with E-state index in [0.29, 0.717) is 49.8 Å². The van der Waals surface area contributed by atoms with Crippen LogP contribution in [-0.4, -0.2) is 37.4 Å². The zero-order valence-corrected chi connectivity index (χ0v) is 20.8. The molecule has 4 N–H and O–H groups in total. The van der Waals surface area contributed by atoms with Crippen LogP contribution in [0.25, 0.3) is 11.3 Å². The van der Waals surface area contributed by atoms with Crippen molar-refractivity contribution in [3.8, 4) is 40.5 Å². The van der Waals surface area contributed by atoms with E-state index in [1.807, 2.05) is 13.0 Å². The molecule has 10 nitrogen and oxygen atoms in total. The number of rotatable bonds is 4. The first-order valence-corrected chi connectivity index (χ1v) is 11.2. The number of nitrogens with two attached hydrogens (primary N) is 1. The van der Waals surface area contributed by atoms with Crippen molar-refractivity contribution in [2.24, 2.45) is 5.73 Å². The maximum absolute atomic E-state index is 13.8. The lowest BCUT2D eigenvalue weighted by Crippen LogP contribution is -2.42. The van der Waals surface area contributed by atoms with Gasteiger partial charge in [0.2, 0.25) is 23.4 Å². The molecule has 11 heteroatoms. The molecular weight excluding hydrogens is 518 g/mol.